The number of hydrogen-bond acceptors (Lipinski definition) is 4. The third kappa shape index (κ3) is 4.22. The number of benzene rings is 2. The van der Waals surface area contributed by atoms with Gasteiger partial charge in [0.15, 0.2) is 0 Å². The predicted octanol–water partition coefficient (Wildman–Crippen LogP) is 3.52. The van der Waals surface area contributed by atoms with Gasteiger partial charge in [-0.15, -0.1) is 11.8 Å². The van der Waals surface area contributed by atoms with Gasteiger partial charge in [0, 0.05) is 4.90 Å². The number of carbonyl (C=O) groups is 1. The van der Waals surface area contributed by atoms with E-state index in [2.05, 4.69) is 10.9 Å². The fraction of sp³-hybridized carbons (Fsp3) is 0.0714. The van der Waals surface area contributed by atoms with E-state index in [1.165, 1.54) is 0 Å². The lowest BCUT2D eigenvalue weighted by molar-refractivity contribution is 0.203. The summed E-state index contributed by atoms with van der Waals surface area (Å²) < 4.78 is 5.06. The number of nitrogens with one attached hydrogen (secondary N) is 2. The summed E-state index contributed by atoms with van der Waals surface area (Å²) in [6.45, 7) is 0. The first-order valence-corrected chi connectivity index (χ1v) is 6.93. The summed E-state index contributed by atoms with van der Waals surface area (Å²) in [4.78, 5) is 12.7. The van der Waals surface area contributed by atoms with E-state index < -0.39 is 6.09 Å². The maximum Gasteiger partial charge on any atom is 0.431 e. The minimum atomic E-state index is -0.555. The third-order valence-corrected chi connectivity index (χ3v) is 3.10. The zero-order valence-electron chi connectivity index (χ0n) is 10.4. The van der Waals surface area contributed by atoms with Crippen LogP contribution in [0.4, 0.5) is 10.5 Å². The monoisotopic (exact) mass is 274 g/mol. The molecular weight excluding hydrogens is 260 g/mol. The topological polar surface area (TPSA) is 50.4 Å². The predicted molar refractivity (Wildman–Crippen MR) is 77.4 cm³/mol. The van der Waals surface area contributed by atoms with Crippen LogP contribution in [-0.4, -0.2) is 12.3 Å². The highest BCUT2D eigenvalue weighted by Gasteiger charge is 2.02. The molecule has 2 rings (SSSR count). The molecule has 4 nitrogen and oxygen atoms in total. The van der Waals surface area contributed by atoms with E-state index in [4.69, 9.17) is 4.74 Å². The molecule has 0 bridgehead atoms. The van der Waals surface area contributed by atoms with Gasteiger partial charge in [0.25, 0.3) is 0 Å². The van der Waals surface area contributed by atoms with Crippen molar-refractivity contribution in [2.24, 2.45) is 0 Å². The average molecular weight is 274 g/mol. The lowest BCUT2D eigenvalue weighted by atomic mass is 10.3. The maximum absolute atomic E-state index is 11.5. The second kappa shape index (κ2) is 6.70. The minimum Gasteiger partial charge on any atom is -0.409 e. The van der Waals surface area contributed by atoms with Crippen LogP contribution in [-0.2, 0) is 0 Å². The van der Waals surface area contributed by atoms with Crippen LogP contribution in [0.2, 0.25) is 0 Å². The number of ether oxygens (including phenoxy) is 1. The Kier molecular flexibility index (Phi) is 4.69. The van der Waals surface area contributed by atoms with Crippen molar-refractivity contribution in [3.63, 3.8) is 0 Å². The molecule has 5 heteroatoms. The summed E-state index contributed by atoms with van der Waals surface area (Å²) in [6.07, 6.45) is 1.46. The largest absolute Gasteiger partial charge is 0.431 e. The van der Waals surface area contributed by atoms with Gasteiger partial charge >= 0.3 is 6.09 Å². The van der Waals surface area contributed by atoms with Gasteiger partial charge in [0.1, 0.15) is 5.75 Å². The van der Waals surface area contributed by atoms with Gasteiger partial charge in [-0.05, 0) is 42.7 Å². The SMILES string of the molecule is CSc1ccc(NNC(=O)Oc2ccccc2)cc1. The summed E-state index contributed by atoms with van der Waals surface area (Å²) in [5, 5.41) is 0. The Labute approximate surface area is 116 Å². The van der Waals surface area contributed by atoms with Crippen molar-refractivity contribution in [3.05, 3.63) is 54.6 Å². The quantitative estimate of drug-likeness (QED) is 0.661. The van der Waals surface area contributed by atoms with Crippen LogP contribution in [0.1, 0.15) is 0 Å². The smallest absolute Gasteiger partial charge is 0.409 e. The molecule has 0 aliphatic carbocycles. The molecule has 2 aromatic carbocycles. The third-order valence-electron chi connectivity index (χ3n) is 2.35. The fourth-order valence-electron chi connectivity index (χ4n) is 1.42. The number of rotatable bonds is 4. The Morgan fingerprint density at radius 3 is 2.37 bits per heavy atom. The molecule has 0 aromatic heterocycles. The standard InChI is InChI=1S/C14H14N2O2S/c1-19-13-9-7-11(8-10-13)15-16-14(17)18-12-5-3-2-4-6-12/h2-10,15H,1H3,(H,16,17). The van der Waals surface area contributed by atoms with Crippen molar-refractivity contribution >= 4 is 23.5 Å². The second-order valence-electron chi connectivity index (χ2n) is 3.68. The summed E-state index contributed by atoms with van der Waals surface area (Å²) in [7, 11) is 0. The van der Waals surface area contributed by atoms with Gasteiger partial charge in [-0.2, -0.15) is 0 Å². The number of hydrazine groups is 1. The Bertz CT molecular complexity index is 529. The van der Waals surface area contributed by atoms with Crippen LogP contribution in [0.5, 0.6) is 5.75 Å². The summed E-state index contributed by atoms with van der Waals surface area (Å²) in [5.41, 5.74) is 6.04. The fourth-order valence-corrected chi connectivity index (χ4v) is 1.83. The molecule has 0 fully saturated rings. The molecule has 0 saturated carbocycles. The van der Waals surface area contributed by atoms with Crippen LogP contribution < -0.4 is 15.6 Å². The highest BCUT2D eigenvalue weighted by atomic mass is 32.2. The Morgan fingerprint density at radius 2 is 1.74 bits per heavy atom. The molecular formula is C14H14N2O2S. The number of amides is 1. The molecule has 0 spiro atoms. The van der Waals surface area contributed by atoms with Gasteiger partial charge < -0.3 is 4.74 Å². The normalized spacial score (nSPS) is 9.74. The van der Waals surface area contributed by atoms with Gasteiger partial charge in [-0.25, -0.2) is 10.2 Å². The zero-order chi connectivity index (χ0) is 13.5. The summed E-state index contributed by atoms with van der Waals surface area (Å²) >= 11 is 1.66. The molecule has 1 amide bonds. The average Bonchev–Trinajstić information content (AvgIpc) is 2.47. The van der Waals surface area contributed by atoms with Crippen LogP contribution in [0, 0.1) is 0 Å². The maximum atomic E-state index is 11.5. The molecule has 0 aliphatic heterocycles. The van der Waals surface area contributed by atoms with Crippen molar-refractivity contribution in [1.29, 1.82) is 0 Å². The van der Waals surface area contributed by atoms with Crippen molar-refractivity contribution < 1.29 is 9.53 Å². The zero-order valence-corrected chi connectivity index (χ0v) is 11.2. The molecule has 0 radical (unpaired) electrons. The van der Waals surface area contributed by atoms with E-state index >= 15 is 0 Å². The van der Waals surface area contributed by atoms with Crippen LogP contribution in [0.3, 0.4) is 0 Å². The van der Waals surface area contributed by atoms with Crippen LogP contribution >= 0.6 is 11.8 Å². The lowest BCUT2D eigenvalue weighted by Crippen LogP contribution is -2.32. The summed E-state index contributed by atoms with van der Waals surface area (Å²) in [5.74, 6) is 0.500. The van der Waals surface area contributed by atoms with Crippen molar-refractivity contribution in [1.82, 2.24) is 5.43 Å². The Morgan fingerprint density at radius 1 is 1.05 bits per heavy atom. The highest BCUT2D eigenvalue weighted by molar-refractivity contribution is 7.98. The molecule has 19 heavy (non-hydrogen) atoms. The Hall–Kier alpha value is -2.14. The van der Waals surface area contributed by atoms with E-state index in [0.29, 0.717) is 5.75 Å². The Balaban J connectivity index is 1.83. The van der Waals surface area contributed by atoms with Crippen molar-refractivity contribution in [3.8, 4) is 5.75 Å². The molecule has 0 heterocycles. The second-order valence-corrected chi connectivity index (χ2v) is 4.56. The molecule has 2 aromatic rings. The summed E-state index contributed by atoms with van der Waals surface area (Å²) in [6, 6.07) is 16.6. The molecule has 98 valence electrons. The first-order valence-electron chi connectivity index (χ1n) is 5.71. The number of thioether (sulfide) groups is 1. The molecule has 0 atom stereocenters. The van der Waals surface area contributed by atoms with Gasteiger partial charge in [0.05, 0.1) is 5.69 Å². The van der Waals surface area contributed by atoms with Crippen molar-refractivity contribution in [2.45, 2.75) is 4.90 Å². The van der Waals surface area contributed by atoms with E-state index in [0.717, 1.165) is 10.6 Å². The highest BCUT2D eigenvalue weighted by Crippen LogP contribution is 2.16. The van der Waals surface area contributed by atoms with E-state index in [-0.39, 0.29) is 0 Å². The molecule has 2 N–H and O–H groups in total. The van der Waals surface area contributed by atoms with Crippen molar-refractivity contribution in [2.75, 3.05) is 11.7 Å². The van der Waals surface area contributed by atoms with E-state index in [1.807, 2.05) is 36.6 Å². The minimum absolute atomic E-state index is 0.500. The lowest BCUT2D eigenvalue weighted by Gasteiger charge is -2.09. The number of anilines is 1. The first-order chi connectivity index (χ1) is 9.28. The number of para-hydroxylation sites is 1. The van der Waals surface area contributed by atoms with Gasteiger partial charge in [0.2, 0.25) is 0 Å². The first kappa shape index (κ1) is 13.3. The van der Waals surface area contributed by atoms with Crippen LogP contribution in [0.15, 0.2) is 59.5 Å². The number of hydrogen-bond donors (Lipinski definition) is 2. The van der Waals surface area contributed by atoms with E-state index in [9.17, 15) is 4.79 Å². The molecule has 0 unspecified atom stereocenters. The number of carbonyl (C=O) groups excluding carboxylic acids is 1. The van der Waals surface area contributed by atoms with Crippen LogP contribution in [0.25, 0.3) is 0 Å². The van der Waals surface area contributed by atoms with E-state index in [1.54, 1.807) is 36.0 Å². The molecule has 0 aliphatic rings. The van der Waals surface area contributed by atoms with Gasteiger partial charge in [-0.3, -0.25) is 5.43 Å². The van der Waals surface area contributed by atoms with Gasteiger partial charge in [-0.1, -0.05) is 18.2 Å². The molecule has 0 saturated heterocycles.